The summed E-state index contributed by atoms with van der Waals surface area (Å²) in [5, 5.41) is 3.21. The first-order chi connectivity index (χ1) is 8.63. The molecule has 1 aliphatic rings. The third kappa shape index (κ3) is 2.53. The zero-order valence-electron chi connectivity index (χ0n) is 10.7. The minimum Gasteiger partial charge on any atom is -0.466 e. The molecule has 1 heterocycles. The van der Waals surface area contributed by atoms with Crippen molar-refractivity contribution in [2.75, 3.05) is 19.7 Å². The monoisotopic (exact) mass is 251 g/mol. The molecule has 0 radical (unpaired) electrons. The lowest BCUT2D eigenvalue weighted by Crippen LogP contribution is -2.24. The van der Waals surface area contributed by atoms with Crippen LogP contribution in [0, 0.1) is 18.7 Å². The molecular formula is C14H18FNO2. The van der Waals surface area contributed by atoms with Crippen LogP contribution in [-0.2, 0) is 9.53 Å². The second kappa shape index (κ2) is 5.48. The molecule has 1 fully saturated rings. The van der Waals surface area contributed by atoms with E-state index in [1.165, 1.54) is 12.1 Å². The van der Waals surface area contributed by atoms with Gasteiger partial charge in [-0.3, -0.25) is 4.79 Å². The molecule has 0 bridgehead atoms. The SMILES string of the molecule is CCOC(=O)C1CNCC1c1ccc(F)cc1C. The average Bonchev–Trinajstić information content (AvgIpc) is 2.78. The molecule has 0 spiro atoms. The van der Waals surface area contributed by atoms with E-state index < -0.39 is 0 Å². The Bertz CT molecular complexity index is 447. The number of nitrogens with one attached hydrogen (secondary N) is 1. The molecule has 2 atom stereocenters. The van der Waals surface area contributed by atoms with Crippen molar-refractivity contribution in [1.82, 2.24) is 5.32 Å². The molecule has 2 rings (SSSR count). The highest BCUT2D eigenvalue weighted by Crippen LogP contribution is 2.31. The van der Waals surface area contributed by atoms with Crippen LogP contribution in [0.15, 0.2) is 18.2 Å². The van der Waals surface area contributed by atoms with E-state index in [-0.39, 0.29) is 23.6 Å². The van der Waals surface area contributed by atoms with Crippen LogP contribution in [0.4, 0.5) is 4.39 Å². The van der Waals surface area contributed by atoms with Crippen LogP contribution in [0.5, 0.6) is 0 Å². The molecule has 2 unspecified atom stereocenters. The van der Waals surface area contributed by atoms with E-state index in [0.717, 1.165) is 17.7 Å². The highest BCUT2D eigenvalue weighted by Gasteiger charge is 2.35. The summed E-state index contributed by atoms with van der Waals surface area (Å²) in [6.07, 6.45) is 0. The van der Waals surface area contributed by atoms with Crippen molar-refractivity contribution in [3.05, 3.63) is 35.1 Å². The summed E-state index contributed by atoms with van der Waals surface area (Å²) in [5.74, 6) is -0.509. The van der Waals surface area contributed by atoms with Crippen LogP contribution in [0.1, 0.15) is 24.0 Å². The number of rotatable bonds is 3. The quantitative estimate of drug-likeness (QED) is 0.835. The summed E-state index contributed by atoms with van der Waals surface area (Å²) < 4.78 is 18.2. The molecule has 0 saturated carbocycles. The number of carbonyl (C=O) groups is 1. The van der Waals surface area contributed by atoms with Crippen LogP contribution in [0.3, 0.4) is 0 Å². The molecule has 0 amide bonds. The van der Waals surface area contributed by atoms with E-state index >= 15 is 0 Å². The van der Waals surface area contributed by atoms with Crippen molar-refractivity contribution in [2.45, 2.75) is 19.8 Å². The molecule has 98 valence electrons. The van der Waals surface area contributed by atoms with Gasteiger partial charge in [0.2, 0.25) is 0 Å². The molecule has 18 heavy (non-hydrogen) atoms. The number of hydrogen-bond acceptors (Lipinski definition) is 3. The number of carbonyl (C=O) groups excluding carboxylic acids is 1. The van der Waals surface area contributed by atoms with Gasteiger partial charge in [0.1, 0.15) is 5.82 Å². The fourth-order valence-corrected chi connectivity index (χ4v) is 2.56. The smallest absolute Gasteiger partial charge is 0.310 e. The van der Waals surface area contributed by atoms with Crippen molar-refractivity contribution >= 4 is 5.97 Å². The molecule has 1 N–H and O–H groups in total. The summed E-state index contributed by atoms with van der Waals surface area (Å²) in [6, 6.07) is 4.73. The maximum absolute atomic E-state index is 13.1. The Balaban J connectivity index is 2.23. The van der Waals surface area contributed by atoms with Crippen LogP contribution < -0.4 is 5.32 Å². The third-order valence-corrected chi connectivity index (χ3v) is 3.43. The molecule has 1 aromatic rings. The van der Waals surface area contributed by atoms with Gasteiger partial charge in [-0.25, -0.2) is 4.39 Å². The largest absolute Gasteiger partial charge is 0.466 e. The minimum absolute atomic E-state index is 0.0737. The van der Waals surface area contributed by atoms with Crippen LogP contribution >= 0.6 is 0 Å². The maximum atomic E-state index is 13.1. The van der Waals surface area contributed by atoms with Crippen LogP contribution in [0.25, 0.3) is 0 Å². The fraction of sp³-hybridized carbons (Fsp3) is 0.500. The first-order valence-electron chi connectivity index (χ1n) is 6.27. The third-order valence-electron chi connectivity index (χ3n) is 3.43. The van der Waals surface area contributed by atoms with Crippen molar-refractivity contribution in [3.63, 3.8) is 0 Å². The Morgan fingerprint density at radius 3 is 2.94 bits per heavy atom. The molecule has 1 aliphatic heterocycles. The van der Waals surface area contributed by atoms with Gasteiger partial charge < -0.3 is 10.1 Å². The first kappa shape index (κ1) is 13.0. The summed E-state index contributed by atoms with van der Waals surface area (Å²) in [5.41, 5.74) is 1.91. The number of hydrogen-bond donors (Lipinski definition) is 1. The van der Waals surface area contributed by atoms with Crippen molar-refractivity contribution < 1.29 is 13.9 Å². The normalized spacial score (nSPS) is 23.1. The lowest BCUT2D eigenvalue weighted by Gasteiger charge is -2.19. The van der Waals surface area contributed by atoms with Gasteiger partial charge in [0.15, 0.2) is 0 Å². The zero-order chi connectivity index (χ0) is 13.1. The number of halogens is 1. The Morgan fingerprint density at radius 2 is 2.28 bits per heavy atom. The van der Waals surface area contributed by atoms with Gasteiger partial charge in [0.05, 0.1) is 12.5 Å². The highest BCUT2D eigenvalue weighted by atomic mass is 19.1. The standard InChI is InChI=1S/C14H18FNO2/c1-3-18-14(17)13-8-16-7-12(13)11-5-4-10(15)6-9(11)2/h4-6,12-13,16H,3,7-8H2,1-2H3. The number of ether oxygens (including phenoxy) is 1. The molecular weight excluding hydrogens is 233 g/mol. The topological polar surface area (TPSA) is 38.3 Å². The lowest BCUT2D eigenvalue weighted by atomic mass is 9.86. The summed E-state index contributed by atoms with van der Waals surface area (Å²) in [7, 11) is 0. The van der Waals surface area contributed by atoms with E-state index in [2.05, 4.69) is 5.32 Å². The lowest BCUT2D eigenvalue weighted by molar-refractivity contribution is -0.147. The van der Waals surface area contributed by atoms with Gasteiger partial charge in [-0.15, -0.1) is 0 Å². The Morgan fingerprint density at radius 1 is 1.50 bits per heavy atom. The first-order valence-corrected chi connectivity index (χ1v) is 6.27. The van der Waals surface area contributed by atoms with E-state index in [1.807, 2.05) is 6.92 Å². The van der Waals surface area contributed by atoms with Crippen molar-refractivity contribution in [2.24, 2.45) is 5.92 Å². The molecule has 3 nitrogen and oxygen atoms in total. The summed E-state index contributed by atoms with van der Waals surface area (Å²) in [6.45, 7) is 5.43. The number of esters is 1. The maximum Gasteiger partial charge on any atom is 0.310 e. The Kier molecular flexibility index (Phi) is 3.97. The van der Waals surface area contributed by atoms with Gasteiger partial charge in [-0.1, -0.05) is 6.07 Å². The van der Waals surface area contributed by atoms with Gasteiger partial charge in [-0.05, 0) is 37.1 Å². The number of benzene rings is 1. The van der Waals surface area contributed by atoms with Crippen LogP contribution in [0.2, 0.25) is 0 Å². The molecule has 1 aromatic carbocycles. The van der Waals surface area contributed by atoms with Gasteiger partial charge in [-0.2, -0.15) is 0 Å². The second-order valence-corrected chi connectivity index (χ2v) is 4.62. The second-order valence-electron chi connectivity index (χ2n) is 4.62. The summed E-state index contributed by atoms with van der Waals surface area (Å²) in [4.78, 5) is 11.9. The van der Waals surface area contributed by atoms with Gasteiger partial charge in [0, 0.05) is 19.0 Å². The van der Waals surface area contributed by atoms with E-state index in [1.54, 1.807) is 13.0 Å². The molecule has 1 saturated heterocycles. The van der Waals surface area contributed by atoms with E-state index in [9.17, 15) is 9.18 Å². The average molecular weight is 251 g/mol. The number of aryl methyl sites for hydroxylation is 1. The van der Waals surface area contributed by atoms with Crippen LogP contribution in [-0.4, -0.2) is 25.7 Å². The molecule has 0 aromatic heterocycles. The Hall–Kier alpha value is -1.42. The predicted octanol–water partition coefficient (Wildman–Crippen LogP) is 2.00. The van der Waals surface area contributed by atoms with E-state index in [0.29, 0.717) is 13.2 Å². The zero-order valence-corrected chi connectivity index (χ0v) is 10.7. The Labute approximate surface area is 106 Å². The molecule has 0 aliphatic carbocycles. The van der Waals surface area contributed by atoms with Crippen molar-refractivity contribution in [3.8, 4) is 0 Å². The van der Waals surface area contributed by atoms with Crippen molar-refractivity contribution in [1.29, 1.82) is 0 Å². The van der Waals surface area contributed by atoms with Gasteiger partial charge >= 0.3 is 5.97 Å². The summed E-state index contributed by atoms with van der Waals surface area (Å²) >= 11 is 0. The van der Waals surface area contributed by atoms with E-state index in [4.69, 9.17) is 4.74 Å². The fourth-order valence-electron chi connectivity index (χ4n) is 2.56. The minimum atomic E-state index is -0.241. The molecule has 4 heteroatoms. The predicted molar refractivity (Wildman–Crippen MR) is 66.9 cm³/mol. The highest BCUT2D eigenvalue weighted by molar-refractivity contribution is 5.74. The van der Waals surface area contributed by atoms with Gasteiger partial charge in [0.25, 0.3) is 0 Å².